The predicted molar refractivity (Wildman–Crippen MR) is 105 cm³/mol. The first kappa shape index (κ1) is 19.1. The molecular formula is C19H18N2O4S2. The Labute approximate surface area is 164 Å². The van der Waals surface area contributed by atoms with Gasteiger partial charge in [-0.1, -0.05) is 6.07 Å². The number of ether oxygens (including phenoxy) is 2. The average Bonchev–Trinajstić information content (AvgIpc) is 3.34. The second kappa shape index (κ2) is 9.29. The molecule has 140 valence electrons. The lowest BCUT2D eigenvalue weighted by molar-refractivity contribution is -0.142. The van der Waals surface area contributed by atoms with Crippen LogP contribution in [-0.2, 0) is 22.6 Å². The Hall–Kier alpha value is -2.71. The van der Waals surface area contributed by atoms with Crippen LogP contribution in [-0.4, -0.2) is 23.5 Å². The summed E-state index contributed by atoms with van der Waals surface area (Å²) in [5, 5.41) is 7.07. The number of thiophene rings is 1. The van der Waals surface area contributed by atoms with Crippen LogP contribution in [0.4, 0.5) is 5.13 Å². The largest absolute Gasteiger partial charge is 0.493 e. The Morgan fingerprint density at radius 2 is 2.07 bits per heavy atom. The monoisotopic (exact) mass is 402 g/mol. The van der Waals surface area contributed by atoms with Crippen molar-refractivity contribution in [2.45, 2.75) is 20.0 Å². The fraction of sp³-hybridized carbons (Fsp3) is 0.211. The number of carbonyl (C=O) groups excluding carboxylic acids is 2. The van der Waals surface area contributed by atoms with E-state index < -0.39 is 0 Å². The van der Waals surface area contributed by atoms with Crippen molar-refractivity contribution in [1.29, 1.82) is 0 Å². The van der Waals surface area contributed by atoms with Gasteiger partial charge >= 0.3 is 5.97 Å². The zero-order valence-electron chi connectivity index (χ0n) is 14.6. The summed E-state index contributed by atoms with van der Waals surface area (Å²) in [6.45, 7) is 1.91. The van der Waals surface area contributed by atoms with Gasteiger partial charge in [-0.3, -0.25) is 14.9 Å². The molecule has 0 spiro atoms. The molecule has 1 aromatic carbocycles. The Kier molecular flexibility index (Phi) is 6.56. The van der Waals surface area contributed by atoms with Crippen LogP contribution in [0.1, 0.15) is 27.7 Å². The summed E-state index contributed by atoms with van der Waals surface area (Å²) >= 11 is 3.01. The summed E-state index contributed by atoms with van der Waals surface area (Å²) in [6, 6.07) is 9.18. The van der Waals surface area contributed by atoms with Crippen molar-refractivity contribution in [1.82, 2.24) is 4.98 Å². The summed E-state index contributed by atoms with van der Waals surface area (Å²) in [5.41, 5.74) is 1.10. The van der Waals surface area contributed by atoms with Crippen LogP contribution in [0.3, 0.4) is 0 Å². The Morgan fingerprint density at radius 1 is 1.19 bits per heavy atom. The van der Waals surface area contributed by atoms with E-state index in [1.54, 1.807) is 41.1 Å². The van der Waals surface area contributed by atoms with Crippen molar-refractivity contribution in [2.75, 3.05) is 11.9 Å². The standard InChI is InChI=1S/C19H18N2O4S2/c1-13(22)25-12-14-9-15(18(23)21-19-20-5-8-27-19)11-16(10-14)24-6-4-17-3-2-7-26-17/h2-3,5,7-11H,4,6,12H2,1H3,(H,20,21,23). The molecule has 0 radical (unpaired) electrons. The molecule has 0 aliphatic carbocycles. The third-order valence-corrected chi connectivity index (χ3v) is 5.15. The highest BCUT2D eigenvalue weighted by Gasteiger charge is 2.12. The lowest BCUT2D eigenvalue weighted by Crippen LogP contribution is -2.13. The molecule has 6 nitrogen and oxygen atoms in total. The normalized spacial score (nSPS) is 10.4. The van der Waals surface area contributed by atoms with Gasteiger partial charge in [-0.05, 0) is 35.2 Å². The van der Waals surface area contributed by atoms with Gasteiger partial charge in [0, 0.05) is 35.4 Å². The van der Waals surface area contributed by atoms with E-state index in [4.69, 9.17) is 9.47 Å². The van der Waals surface area contributed by atoms with Crippen LogP contribution in [0.2, 0.25) is 0 Å². The van der Waals surface area contributed by atoms with E-state index in [1.807, 2.05) is 11.4 Å². The number of hydrogen-bond acceptors (Lipinski definition) is 7. The van der Waals surface area contributed by atoms with Gasteiger partial charge in [0.1, 0.15) is 12.4 Å². The summed E-state index contributed by atoms with van der Waals surface area (Å²) < 4.78 is 10.9. The molecule has 8 heteroatoms. The van der Waals surface area contributed by atoms with E-state index >= 15 is 0 Å². The zero-order valence-corrected chi connectivity index (χ0v) is 16.3. The fourth-order valence-corrected chi connectivity index (χ4v) is 3.54. The highest BCUT2D eigenvalue weighted by atomic mass is 32.1. The second-order valence-electron chi connectivity index (χ2n) is 5.62. The van der Waals surface area contributed by atoms with Gasteiger partial charge in [-0.2, -0.15) is 0 Å². The molecule has 0 unspecified atom stereocenters. The molecule has 1 N–H and O–H groups in total. The maximum atomic E-state index is 12.5. The van der Waals surface area contributed by atoms with Gasteiger partial charge in [0.15, 0.2) is 5.13 Å². The number of amides is 1. The molecule has 0 bridgehead atoms. The predicted octanol–water partition coefficient (Wildman–Crippen LogP) is 4.14. The van der Waals surface area contributed by atoms with Crippen LogP contribution in [0.15, 0.2) is 47.3 Å². The number of thiazole rings is 1. The highest BCUT2D eigenvalue weighted by Crippen LogP contribution is 2.21. The highest BCUT2D eigenvalue weighted by molar-refractivity contribution is 7.13. The Balaban J connectivity index is 1.72. The van der Waals surface area contributed by atoms with E-state index in [0.717, 1.165) is 6.42 Å². The van der Waals surface area contributed by atoms with E-state index in [1.165, 1.54) is 23.1 Å². The number of esters is 1. The third kappa shape index (κ3) is 5.90. The van der Waals surface area contributed by atoms with Crippen molar-refractivity contribution in [3.8, 4) is 5.75 Å². The molecule has 0 saturated heterocycles. The summed E-state index contributed by atoms with van der Waals surface area (Å²) in [7, 11) is 0. The molecule has 0 aliphatic rings. The lowest BCUT2D eigenvalue weighted by Gasteiger charge is -2.11. The first-order chi connectivity index (χ1) is 13.1. The number of nitrogens with zero attached hydrogens (tertiary/aromatic N) is 1. The molecule has 27 heavy (non-hydrogen) atoms. The molecule has 3 aromatic rings. The molecule has 2 heterocycles. The van der Waals surface area contributed by atoms with Crippen LogP contribution < -0.4 is 10.1 Å². The molecule has 2 aromatic heterocycles. The SMILES string of the molecule is CC(=O)OCc1cc(OCCc2cccs2)cc(C(=O)Nc2nccs2)c1. The third-order valence-electron chi connectivity index (χ3n) is 3.52. The molecule has 0 aliphatic heterocycles. The zero-order chi connectivity index (χ0) is 19.1. The molecule has 0 fully saturated rings. The van der Waals surface area contributed by atoms with Gasteiger partial charge in [0.2, 0.25) is 0 Å². The summed E-state index contributed by atoms with van der Waals surface area (Å²) in [6.07, 6.45) is 2.41. The van der Waals surface area contributed by atoms with E-state index in [0.29, 0.717) is 28.6 Å². The number of hydrogen-bond donors (Lipinski definition) is 1. The molecule has 3 rings (SSSR count). The van der Waals surface area contributed by atoms with Crippen molar-refractivity contribution >= 4 is 39.7 Å². The fourth-order valence-electron chi connectivity index (χ4n) is 2.32. The summed E-state index contributed by atoms with van der Waals surface area (Å²) in [4.78, 5) is 28.9. The summed E-state index contributed by atoms with van der Waals surface area (Å²) in [5.74, 6) is -0.119. The minimum atomic E-state index is -0.382. The van der Waals surface area contributed by atoms with Gasteiger partial charge in [0.25, 0.3) is 5.91 Å². The minimum absolute atomic E-state index is 0.0784. The van der Waals surface area contributed by atoms with Crippen molar-refractivity contribution < 1.29 is 19.1 Å². The van der Waals surface area contributed by atoms with Crippen LogP contribution in [0.25, 0.3) is 0 Å². The Morgan fingerprint density at radius 3 is 2.78 bits per heavy atom. The van der Waals surface area contributed by atoms with Crippen LogP contribution >= 0.6 is 22.7 Å². The van der Waals surface area contributed by atoms with E-state index in [9.17, 15) is 9.59 Å². The van der Waals surface area contributed by atoms with Crippen molar-refractivity contribution in [3.05, 3.63) is 63.3 Å². The van der Waals surface area contributed by atoms with Crippen molar-refractivity contribution in [2.24, 2.45) is 0 Å². The number of benzene rings is 1. The second-order valence-corrected chi connectivity index (χ2v) is 7.54. The maximum Gasteiger partial charge on any atom is 0.302 e. The van der Waals surface area contributed by atoms with Gasteiger partial charge in [-0.25, -0.2) is 4.98 Å². The molecular weight excluding hydrogens is 384 g/mol. The number of aromatic nitrogens is 1. The molecule has 0 atom stereocenters. The minimum Gasteiger partial charge on any atom is -0.493 e. The van der Waals surface area contributed by atoms with Gasteiger partial charge < -0.3 is 9.47 Å². The topological polar surface area (TPSA) is 77.5 Å². The number of rotatable bonds is 8. The van der Waals surface area contributed by atoms with Crippen LogP contribution in [0, 0.1) is 0 Å². The van der Waals surface area contributed by atoms with Crippen molar-refractivity contribution in [3.63, 3.8) is 0 Å². The smallest absolute Gasteiger partial charge is 0.302 e. The maximum absolute atomic E-state index is 12.5. The first-order valence-electron chi connectivity index (χ1n) is 8.23. The Bertz CT molecular complexity index is 893. The molecule has 0 saturated carbocycles. The lowest BCUT2D eigenvalue weighted by atomic mass is 10.1. The number of carbonyl (C=O) groups is 2. The molecule has 1 amide bonds. The quantitative estimate of drug-likeness (QED) is 0.573. The van der Waals surface area contributed by atoms with Gasteiger partial charge in [-0.15, -0.1) is 22.7 Å². The first-order valence-corrected chi connectivity index (χ1v) is 9.99. The van der Waals surface area contributed by atoms with Gasteiger partial charge in [0.05, 0.1) is 6.61 Å². The van der Waals surface area contributed by atoms with E-state index in [2.05, 4.69) is 16.4 Å². The van der Waals surface area contributed by atoms with Crippen LogP contribution in [0.5, 0.6) is 5.75 Å². The van der Waals surface area contributed by atoms with E-state index in [-0.39, 0.29) is 18.5 Å². The average molecular weight is 402 g/mol. The number of anilines is 1. The number of nitrogens with one attached hydrogen (secondary N) is 1.